The zero-order valence-electron chi connectivity index (χ0n) is 14.3. The second kappa shape index (κ2) is 7.62. The van der Waals surface area contributed by atoms with Gasteiger partial charge in [0.1, 0.15) is 5.82 Å². The molecule has 2 aromatic rings. The van der Waals surface area contributed by atoms with E-state index in [1.54, 1.807) is 0 Å². The van der Waals surface area contributed by atoms with Gasteiger partial charge in [-0.3, -0.25) is 0 Å². The topological polar surface area (TPSA) is 66.6 Å². The molecule has 0 radical (unpaired) electrons. The van der Waals surface area contributed by atoms with Crippen LogP contribution in [0.3, 0.4) is 0 Å². The van der Waals surface area contributed by atoms with Crippen LogP contribution in [0.4, 0.5) is 4.39 Å². The van der Waals surface area contributed by atoms with Gasteiger partial charge in [0.05, 0.1) is 0 Å². The van der Waals surface area contributed by atoms with E-state index in [9.17, 15) is 12.8 Å². The highest BCUT2D eigenvalue weighted by Crippen LogP contribution is 2.30. The van der Waals surface area contributed by atoms with Crippen LogP contribution in [0.1, 0.15) is 17.0 Å². The Labute approximate surface area is 158 Å². The first-order valence-electron chi connectivity index (χ1n) is 8.25. The van der Waals surface area contributed by atoms with Crippen LogP contribution in [0.25, 0.3) is 0 Å². The van der Waals surface area contributed by atoms with Crippen LogP contribution in [0, 0.1) is 5.82 Å². The van der Waals surface area contributed by atoms with Gasteiger partial charge < -0.3 is 5.73 Å². The summed E-state index contributed by atoms with van der Waals surface area (Å²) >= 11 is 6.01. The Morgan fingerprint density at radius 1 is 1.19 bits per heavy atom. The molecule has 0 saturated carbocycles. The molecule has 1 saturated heterocycles. The summed E-state index contributed by atoms with van der Waals surface area (Å²) in [7, 11) is -2.37. The number of hydrogen-bond acceptors (Lipinski definition) is 3. The first-order chi connectivity index (χ1) is 12.3. The van der Waals surface area contributed by atoms with Crippen LogP contribution >= 0.6 is 11.6 Å². The van der Waals surface area contributed by atoms with Crippen molar-refractivity contribution in [3.63, 3.8) is 0 Å². The summed E-state index contributed by atoms with van der Waals surface area (Å²) in [5.41, 5.74) is 7.36. The molecule has 3 rings (SSSR count). The van der Waals surface area contributed by atoms with E-state index in [1.807, 2.05) is 30.3 Å². The number of nitrogens with two attached hydrogens (primary N) is 1. The Bertz CT molecular complexity index is 859. The average molecular weight is 398 g/mol. The van der Waals surface area contributed by atoms with Gasteiger partial charge in [-0.2, -0.15) is 17.0 Å². The van der Waals surface area contributed by atoms with Crippen molar-refractivity contribution in [3.8, 4) is 0 Å². The maximum absolute atomic E-state index is 14.0. The van der Waals surface area contributed by atoms with Gasteiger partial charge in [0.25, 0.3) is 10.2 Å². The Balaban J connectivity index is 1.78. The maximum Gasteiger partial charge on any atom is 0.282 e. The van der Waals surface area contributed by atoms with Gasteiger partial charge in [0, 0.05) is 49.2 Å². The molecule has 140 valence electrons. The zero-order valence-corrected chi connectivity index (χ0v) is 15.9. The lowest BCUT2D eigenvalue weighted by atomic mass is 9.95. The number of benzene rings is 2. The quantitative estimate of drug-likeness (QED) is 0.843. The minimum absolute atomic E-state index is 0.0728. The lowest BCUT2D eigenvalue weighted by molar-refractivity contribution is 0.385. The summed E-state index contributed by atoms with van der Waals surface area (Å²) in [6.45, 7) is 0.371. The average Bonchev–Trinajstić information content (AvgIpc) is 3.01. The molecule has 1 aliphatic rings. The van der Waals surface area contributed by atoms with Gasteiger partial charge in [-0.25, -0.2) is 4.39 Å². The van der Waals surface area contributed by atoms with E-state index < -0.39 is 16.0 Å². The van der Waals surface area contributed by atoms with Crippen molar-refractivity contribution < 1.29 is 12.8 Å². The van der Waals surface area contributed by atoms with Crippen molar-refractivity contribution in [3.05, 3.63) is 70.5 Å². The molecule has 5 nitrogen and oxygen atoms in total. The fourth-order valence-electron chi connectivity index (χ4n) is 3.22. The van der Waals surface area contributed by atoms with Crippen molar-refractivity contribution in [1.82, 2.24) is 8.61 Å². The van der Waals surface area contributed by atoms with E-state index in [1.165, 1.54) is 29.6 Å². The van der Waals surface area contributed by atoms with Gasteiger partial charge in [-0.05, 0) is 17.7 Å². The minimum atomic E-state index is -3.78. The molecule has 0 aromatic heterocycles. The van der Waals surface area contributed by atoms with Crippen molar-refractivity contribution in [2.75, 3.05) is 20.1 Å². The van der Waals surface area contributed by atoms with E-state index in [0.717, 1.165) is 9.87 Å². The summed E-state index contributed by atoms with van der Waals surface area (Å²) in [5.74, 6) is -0.601. The molecule has 0 bridgehead atoms. The summed E-state index contributed by atoms with van der Waals surface area (Å²) < 4.78 is 42.3. The van der Waals surface area contributed by atoms with Crippen LogP contribution in [0.15, 0.2) is 48.5 Å². The fourth-order valence-corrected chi connectivity index (χ4v) is 4.84. The minimum Gasteiger partial charge on any atom is -0.326 e. The highest BCUT2D eigenvalue weighted by atomic mass is 35.5. The van der Waals surface area contributed by atoms with Gasteiger partial charge in [0.15, 0.2) is 0 Å². The molecule has 2 aromatic carbocycles. The maximum atomic E-state index is 14.0. The van der Waals surface area contributed by atoms with Crippen molar-refractivity contribution in [2.45, 2.75) is 18.5 Å². The molecule has 1 heterocycles. The van der Waals surface area contributed by atoms with E-state index in [0.29, 0.717) is 6.54 Å². The molecule has 2 atom stereocenters. The second-order valence-corrected chi connectivity index (χ2v) is 8.90. The predicted octanol–water partition coefficient (Wildman–Crippen LogP) is 2.58. The van der Waals surface area contributed by atoms with Crippen LogP contribution < -0.4 is 5.73 Å². The van der Waals surface area contributed by atoms with Crippen LogP contribution in [0.2, 0.25) is 5.02 Å². The Kier molecular flexibility index (Phi) is 5.64. The smallest absolute Gasteiger partial charge is 0.282 e. The largest absolute Gasteiger partial charge is 0.326 e. The molecule has 1 fully saturated rings. The van der Waals surface area contributed by atoms with Gasteiger partial charge in [-0.1, -0.05) is 48.0 Å². The number of hydrogen-bond donors (Lipinski definition) is 1. The Morgan fingerprint density at radius 3 is 2.54 bits per heavy atom. The molecule has 0 amide bonds. The van der Waals surface area contributed by atoms with E-state index >= 15 is 0 Å². The van der Waals surface area contributed by atoms with Gasteiger partial charge in [0.2, 0.25) is 0 Å². The number of halogens is 2. The van der Waals surface area contributed by atoms with E-state index in [4.69, 9.17) is 17.3 Å². The number of nitrogens with zero attached hydrogens (tertiary/aromatic N) is 2. The van der Waals surface area contributed by atoms with Crippen LogP contribution in [-0.2, 0) is 16.8 Å². The SMILES string of the molecule is CN(Cc1c(F)cccc1Cl)S(=O)(=O)N1C[C@@H](N)[C@H](c2ccccc2)C1. The first-order valence-corrected chi connectivity index (χ1v) is 10.0. The molecule has 2 N–H and O–H groups in total. The van der Waals surface area contributed by atoms with Crippen molar-refractivity contribution >= 4 is 21.8 Å². The molecule has 0 unspecified atom stereocenters. The Morgan fingerprint density at radius 2 is 1.88 bits per heavy atom. The van der Waals surface area contributed by atoms with E-state index in [2.05, 4.69) is 0 Å². The highest BCUT2D eigenvalue weighted by Gasteiger charge is 2.39. The third-order valence-electron chi connectivity index (χ3n) is 4.72. The molecule has 26 heavy (non-hydrogen) atoms. The van der Waals surface area contributed by atoms with Gasteiger partial charge >= 0.3 is 0 Å². The monoisotopic (exact) mass is 397 g/mol. The molecule has 1 aliphatic heterocycles. The summed E-state index contributed by atoms with van der Waals surface area (Å²) in [6, 6.07) is 13.6. The standard InChI is InChI=1S/C18H21ClFN3O2S/c1-22(10-15-16(19)8-5-9-17(15)20)26(24,25)23-11-14(18(21)12-23)13-6-3-2-4-7-13/h2-9,14,18H,10-12,21H2,1H3/t14-,18+/m0/s1. The molecular formula is C18H21ClFN3O2S. The van der Waals surface area contributed by atoms with Crippen LogP contribution in [0.5, 0.6) is 0 Å². The second-order valence-electron chi connectivity index (χ2n) is 6.46. The molecule has 0 aliphatic carbocycles. The zero-order chi connectivity index (χ0) is 18.9. The first kappa shape index (κ1) is 19.3. The summed E-state index contributed by atoms with van der Waals surface area (Å²) in [5, 5.41) is 0.201. The van der Waals surface area contributed by atoms with Crippen LogP contribution in [-0.4, -0.2) is 43.2 Å². The Hall–Kier alpha value is -1.51. The molecular weight excluding hydrogens is 377 g/mol. The van der Waals surface area contributed by atoms with E-state index in [-0.39, 0.29) is 35.6 Å². The number of rotatable bonds is 5. The predicted molar refractivity (Wildman–Crippen MR) is 101 cm³/mol. The third-order valence-corrected chi connectivity index (χ3v) is 6.94. The summed E-state index contributed by atoms with van der Waals surface area (Å²) in [6.07, 6.45) is 0. The molecule has 8 heteroatoms. The van der Waals surface area contributed by atoms with Crippen molar-refractivity contribution in [2.24, 2.45) is 5.73 Å². The highest BCUT2D eigenvalue weighted by molar-refractivity contribution is 7.86. The summed E-state index contributed by atoms with van der Waals surface area (Å²) in [4.78, 5) is 0. The fraction of sp³-hybridized carbons (Fsp3) is 0.333. The van der Waals surface area contributed by atoms with Gasteiger partial charge in [-0.15, -0.1) is 0 Å². The molecule has 0 spiro atoms. The lowest BCUT2D eigenvalue weighted by Crippen LogP contribution is -2.41. The van der Waals surface area contributed by atoms with Crippen molar-refractivity contribution in [1.29, 1.82) is 0 Å². The lowest BCUT2D eigenvalue weighted by Gasteiger charge is -2.24. The normalized spacial score (nSPS) is 21.4. The third kappa shape index (κ3) is 3.77.